The van der Waals surface area contributed by atoms with E-state index >= 15 is 0 Å². The topological polar surface area (TPSA) is 13.1 Å². The fraction of sp³-hybridized carbons (Fsp3) is 0.0667. The first kappa shape index (κ1) is 10.4. The molecule has 0 radical (unpaired) electrons. The first-order chi connectivity index (χ1) is 8.25. The van der Waals surface area contributed by atoms with Crippen LogP contribution in [0.1, 0.15) is 5.56 Å². The maximum Gasteiger partial charge on any atom is 0.154 e. The predicted molar refractivity (Wildman–Crippen MR) is 71.4 cm³/mol. The molecule has 0 saturated heterocycles. The van der Waals surface area contributed by atoms with Gasteiger partial charge in [-0.05, 0) is 19.1 Å². The van der Waals surface area contributed by atoms with Crippen LogP contribution in [0.2, 0.25) is 5.02 Å². The summed E-state index contributed by atoms with van der Waals surface area (Å²) in [4.78, 5) is 0. The summed E-state index contributed by atoms with van der Waals surface area (Å²) in [6.07, 6.45) is 0. The van der Waals surface area contributed by atoms with E-state index in [1.807, 2.05) is 55.5 Å². The van der Waals surface area contributed by atoms with Gasteiger partial charge >= 0.3 is 0 Å². The molecule has 0 atom stereocenters. The van der Waals surface area contributed by atoms with Crippen molar-refractivity contribution < 1.29 is 4.42 Å². The van der Waals surface area contributed by atoms with E-state index in [0.29, 0.717) is 5.02 Å². The average molecular weight is 243 g/mol. The van der Waals surface area contributed by atoms with Gasteiger partial charge in [-0.2, -0.15) is 0 Å². The van der Waals surface area contributed by atoms with Crippen LogP contribution in [-0.2, 0) is 0 Å². The van der Waals surface area contributed by atoms with Gasteiger partial charge in [0.25, 0.3) is 0 Å². The molecule has 2 heteroatoms. The second-order valence-corrected chi connectivity index (χ2v) is 4.49. The molecule has 0 aliphatic heterocycles. The summed E-state index contributed by atoms with van der Waals surface area (Å²) >= 11 is 6.37. The molecule has 3 aromatic rings. The highest BCUT2D eigenvalue weighted by molar-refractivity contribution is 6.38. The van der Waals surface area contributed by atoms with E-state index in [4.69, 9.17) is 16.0 Å². The van der Waals surface area contributed by atoms with Crippen LogP contribution in [0.3, 0.4) is 0 Å². The summed E-state index contributed by atoms with van der Waals surface area (Å²) < 4.78 is 5.81. The number of aryl methyl sites for hydroxylation is 1. The van der Waals surface area contributed by atoms with Crippen LogP contribution in [0.15, 0.2) is 52.9 Å². The highest BCUT2D eigenvalue weighted by atomic mass is 35.5. The number of benzene rings is 2. The van der Waals surface area contributed by atoms with Gasteiger partial charge in [0, 0.05) is 10.9 Å². The molecule has 84 valence electrons. The third kappa shape index (κ3) is 1.73. The minimum Gasteiger partial charge on any atom is -0.454 e. The van der Waals surface area contributed by atoms with Gasteiger partial charge in [0.15, 0.2) is 5.76 Å². The molecule has 0 spiro atoms. The summed E-state index contributed by atoms with van der Waals surface area (Å²) in [6, 6.07) is 16.0. The number of furan rings is 1. The Bertz CT molecular complexity index is 668. The molecule has 0 amide bonds. The zero-order valence-corrected chi connectivity index (χ0v) is 10.2. The summed E-state index contributed by atoms with van der Waals surface area (Å²) in [5.41, 5.74) is 3.02. The van der Waals surface area contributed by atoms with Crippen molar-refractivity contribution in [3.05, 3.63) is 59.1 Å². The summed E-state index contributed by atoms with van der Waals surface area (Å²) in [6.45, 7) is 2.05. The van der Waals surface area contributed by atoms with Crippen molar-refractivity contribution in [1.29, 1.82) is 0 Å². The Balaban J connectivity index is 2.28. The van der Waals surface area contributed by atoms with Crippen LogP contribution in [0, 0.1) is 6.92 Å². The Morgan fingerprint density at radius 1 is 1.00 bits per heavy atom. The van der Waals surface area contributed by atoms with E-state index < -0.39 is 0 Å². The lowest BCUT2D eigenvalue weighted by atomic mass is 10.1. The van der Waals surface area contributed by atoms with Crippen LogP contribution in [0.4, 0.5) is 0 Å². The molecule has 17 heavy (non-hydrogen) atoms. The van der Waals surface area contributed by atoms with Gasteiger partial charge in [-0.15, -0.1) is 0 Å². The third-order valence-corrected chi connectivity index (χ3v) is 3.19. The Morgan fingerprint density at radius 2 is 1.76 bits per heavy atom. The van der Waals surface area contributed by atoms with Crippen LogP contribution in [0.25, 0.3) is 22.3 Å². The fourth-order valence-corrected chi connectivity index (χ4v) is 2.25. The number of halogens is 1. The van der Waals surface area contributed by atoms with E-state index in [2.05, 4.69) is 0 Å². The van der Waals surface area contributed by atoms with Crippen LogP contribution < -0.4 is 0 Å². The summed E-state index contributed by atoms with van der Waals surface area (Å²) in [7, 11) is 0. The maximum atomic E-state index is 6.37. The minimum atomic E-state index is 0.690. The molecule has 0 saturated carbocycles. The number of hydrogen-bond donors (Lipinski definition) is 0. The van der Waals surface area contributed by atoms with Gasteiger partial charge in [0.1, 0.15) is 5.58 Å². The maximum absolute atomic E-state index is 6.37. The molecule has 0 bridgehead atoms. The van der Waals surface area contributed by atoms with E-state index in [1.165, 1.54) is 5.56 Å². The molecule has 1 heterocycles. The summed E-state index contributed by atoms with van der Waals surface area (Å²) in [5, 5.41) is 1.67. The third-order valence-electron chi connectivity index (χ3n) is 2.82. The van der Waals surface area contributed by atoms with E-state index in [9.17, 15) is 0 Å². The van der Waals surface area contributed by atoms with Gasteiger partial charge in [-0.25, -0.2) is 0 Å². The molecule has 0 N–H and O–H groups in total. The number of fused-ring (bicyclic) bond motifs is 1. The lowest BCUT2D eigenvalue weighted by molar-refractivity contribution is 0.631. The van der Waals surface area contributed by atoms with Crippen molar-refractivity contribution in [2.24, 2.45) is 0 Å². The largest absolute Gasteiger partial charge is 0.454 e. The molecule has 0 fully saturated rings. The molecule has 0 aliphatic carbocycles. The molecular formula is C15H11ClO. The Labute approximate surface area is 105 Å². The van der Waals surface area contributed by atoms with Crippen molar-refractivity contribution in [3.8, 4) is 11.3 Å². The van der Waals surface area contributed by atoms with E-state index in [1.54, 1.807) is 0 Å². The number of rotatable bonds is 1. The van der Waals surface area contributed by atoms with Crippen LogP contribution in [0.5, 0.6) is 0 Å². The zero-order valence-electron chi connectivity index (χ0n) is 9.41. The first-order valence-electron chi connectivity index (χ1n) is 5.50. The van der Waals surface area contributed by atoms with Gasteiger partial charge < -0.3 is 4.42 Å². The number of hydrogen-bond acceptors (Lipinski definition) is 1. The lowest BCUT2D eigenvalue weighted by Gasteiger charge is -1.95. The fourth-order valence-electron chi connectivity index (χ4n) is 1.96. The molecule has 2 aromatic carbocycles. The second-order valence-electron chi connectivity index (χ2n) is 4.11. The van der Waals surface area contributed by atoms with Crippen molar-refractivity contribution in [2.45, 2.75) is 6.92 Å². The standard InChI is InChI=1S/C15H11ClO/c1-10-7-8-13-12(9-10)14(16)15(17-13)11-5-3-2-4-6-11/h2-9H,1H3. The van der Waals surface area contributed by atoms with Crippen molar-refractivity contribution >= 4 is 22.6 Å². The van der Waals surface area contributed by atoms with Crippen LogP contribution in [-0.4, -0.2) is 0 Å². The second kappa shape index (κ2) is 3.94. The highest BCUT2D eigenvalue weighted by Gasteiger charge is 2.13. The Hall–Kier alpha value is -1.73. The molecular weight excluding hydrogens is 232 g/mol. The van der Waals surface area contributed by atoms with Gasteiger partial charge in [0.05, 0.1) is 5.02 Å². The molecule has 0 unspecified atom stereocenters. The lowest BCUT2D eigenvalue weighted by Crippen LogP contribution is -1.72. The van der Waals surface area contributed by atoms with Gasteiger partial charge in [-0.1, -0.05) is 53.6 Å². The van der Waals surface area contributed by atoms with Gasteiger partial charge in [-0.3, -0.25) is 0 Å². The first-order valence-corrected chi connectivity index (χ1v) is 5.87. The Kier molecular flexibility index (Phi) is 2.41. The van der Waals surface area contributed by atoms with Crippen molar-refractivity contribution in [1.82, 2.24) is 0 Å². The zero-order chi connectivity index (χ0) is 11.8. The van der Waals surface area contributed by atoms with Crippen LogP contribution >= 0.6 is 11.6 Å². The van der Waals surface area contributed by atoms with E-state index in [0.717, 1.165) is 22.3 Å². The van der Waals surface area contributed by atoms with Crippen molar-refractivity contribution in [2.75, 3.05) is 0 Å². The van der Waals surface area contributed by atoms with Gasteiger partial charge in [0.2, 0.25) is 0 Å². The summed E-state index contributed by atoms with van der Waals surface area (Å²) in [5.74, 6) is 0.743. The predicted octanol–water partition coefficient (Wildman–Crippen LogP) is 5.06. The highest BCUT2D eigenvalue weighted by Crippen LogP contribution is 2.37. The normalized spacial score (nSPS) is 10.9. The molecule has 0 aliphatic rings. The SMILES string of the molecule is Cc1ccc2oc(-c3ccccc3)c(Cl)c2c1. The molecule has 1 nitrogen and oxygen atoms in total. The smallest absolute Gasteiger partial charge is 0.154 e. The minimum absolute atomic E-state index is 0.690. The van der Waals surface area contributed by atoms with Crippen molar-refractivity contribution in [3.63, 3.8) is 0 Å². The molecule has 3 rings (SSSR count). The molecule has 1 aromatic heterocycles. The Morgan fingerprint density at radius 3 is 2.53 bits per heavy atom. The average Bonchev–Trinajstić information content (AvgIpc) is 2.68. The monoisotopic (exact) mass is 242 g/mol. The quantitative estimate of drug-likeness (QED) is 0.581. The van der Waals surface area contributed by atoms with E-state index in [-0.39, 0.29) is 0 Å².